The number of aryl methyl sites for hydroxylation is 1. The number of aromatic hydroxyl groups is 1. The monoisotopic (exact) mass is 393 g/mol. The number of hydrogen-bond acceptors (Lipinski definition) is 7. The third kappa shape index (κ3) is 3.39. The van der Waals surface area contributed by atoms with Crippen molar-refractivity contribution in [1.29, 1.82) is 0 Å². The lowest BCUT2D eigenvalue weighted by Gasteiger charge is -2.08. The van der Waals surface area contributed by atoms with Gasteiger partial charge in [0.1, 0.15) is 22.9 Å². The molecule has 4 aromatic rings. The Balaban J connectivity index is 1.57. The van der Waals surface area contributed by atoms with Crippen molar-refractivity contribution in [3.05, 3.63) is 81.2 Å². The molecule has 2 aromatic heterocycles. The molecule has 4 rings (SSSR count). The van der Waals surface area contributed by atoms with E-state index in [-0.39, 0.29) is 23.6 Å². The fourth-order valence-electron chi connectivity index (χ4n) is 2.83. The summed E-state index contributed by atoms with van der Waals surface area (Å²) in [5, 5.41) is 12.8. The van der Waals surface area contributed by atoms with Crippen molar-refractivity contribution in [3.8, 4) is 16.3 Å². The number of phenols is 1. The van der Waals surface area contributed by atoms with Crippen LogP contribution in [0.2, 0.25) is 0 Å². The first-order valence-electron chi connectivity index (χ1n) is 8.46. The summed E-state index contributed by atoms with van der Waals surface area (Å²) in [4.78, 5) is 28.6. The molecule has 2 aromatic carbocycles. The van der Waals surface area contributed by atoms with Crippen LogP contribution in [0.1, 0.15) is 21.6 Å². The minimum Gasteiger partial charge on any atom is -0.508 e. The van der Waals surface area contributed by atoms with E-state index in [4.69, 9.17) is 9.15 Å². The smallest absolute Gasteiger partial charge is 0.358 e. The van der Waals surface area contributed by atoms with E-state index >= 15 is 0 Å². The molecule has 0 aliphatic heterocycles. The number of fused-ring (bicyclic) bond motifs is 1. The van der Waals surface area contributed by atoms with Gasteiger partial charge in [-0.05, 0) is 19.1 Å². The molecular formula is C21H15NO5S. The molecule has 0 radical (unpaired) electrons. The Kier molecular flexibility index (Phi) is 4.67. The van der Waals surface area contributed by atoms with Gasteiger partial charge in [-0.1, -0.05) is 30.3 Å². The topological polar surface area (TPSA) is 89.6 Å². The van der Waals surface area contributed by atoms with Crippen LogP contribution >= 0.6 is 11.3 Å². The van der Waals surface area contributed by atoms with Crippen molar-refractivity contribution in [2.24, 2.45) is 0 Å². The van der Waals surface area contributed by atoms with Crippen molar-refractivity contribution in [3.63, 3.8) is 0 Å². The minimum atomic E-state index is -0.577. The van der Waals surface area contributed by atoms with Crippen LogP contribution in [-0.2, 0) is 11.3 Å². The summed E-state index contributed by atoms with van der Waals surface area (Å²) in [6.07, 6.45) is 0. The second-order valence-corrected chi connectivity index (χ2v) is 7.02. The quantitative estimate of drug-likeness (QED) is 0.411. The Morgan fingerprint density at radius 3 is 2.79 bits per heavy atom. The van der Waals surface area contributed by atoms with E-state index in [0.717, 1.165) is 10.6 Å². The highest BCUT2D eigenvalue weighted by atomic mass is 32.1. The number of rotatable bonds is 4. The first-order chi connectivity index (χ1) is 13.5. The largest absolute Gasteiger partial charge is 0.508 e. The van der Waals surface area contributed by atoms with Crippen LogP contribution in [0.4, 0.5) is 0 Å². The van der Waals surface area contributed by atoms with Gasteiger partial charge >= 0.3 is 11.6 Å². The van der Waals surface area contributed by atoms with Gasteiger partial charge in [-0.15, -0.1) is 11.3 Å². The Morgan fingerprint density at radius 2 is 2.00 bits per heavy atom. The van der Waals surface area contributed by atoms with Crippen LogP contribution in [0.15, 0.2) is 63.1 Å². The molecule has 7 heteroatoms. The molecule has 2 heterocycles. The van der Waals surface area contributed by atoms with Crippen molar-refractivity contribution in [2.45, 2.75) is 13.5 Å². The van der Waals surface area contributed by atoms with E-state index < -0.39 is 11.6 Å². The molecule has 0 saturated carbocycles. The van der Waals surface area contributed by atoms with Crippen molar-refractivity contribution < 1.29 is 19.1 Å². The molecule has 0 unspecified atom stereocenters. The number of hydrogen-bond donors (Lipinski definition) is 1. The highest BCUT2D eigenvalue weighted by Gasteiger charge is 2.16. The lowest BCUT2D eigenvalue weighted by Crippen LogP contribution is -2.08. The maximum Gasteiger partial charge on any atom is 0.358 e. The van der Waals surface area contributed by atoms with E-state index in [1.807, 2.05) is 30.3 Å². The van der Waals surface area contributed by atoms with Crippen LogP contribution in [0.25, 0.3) is 21.5 Å². The summed E-state index contributed by atoms with van der Waals surface area (Å²) >= 11 is 1.36. The van der Waals surface area contributed by atoms with Gasteiger partial charge in [-0.25, -0.2) is 14.6 Å². The molecular weight excluding hydrogens is 378 g/mol. The third-order valence-corrected chi connectivity index (χ3v) is 5.20. The molecule has 140 valence electrons. The standard InChI is InChI=1S/C21H15NO5S/c1-12-17(23)8-7-15-14(9-18(24)27-19(12)15)10-26-21(25)16-11-28-20(22-16)13-5-3-2-4-6-13/h2-9,11,23H,10H2,1H3. The van der Waals surface area contributed by atoms with E-state index in [2.05, 4.69) is 4.98 Å². The summed E-state index contributed by atoms with van der Waals surface area (Å²) < 4.78 is 10.5. The van der Waals surface area contributed by atoms with Crippen LogP contribution in [0.5, 0.6) is 5.75 Å². The molecule has 28 heavy (non-hydrogen) atoms. The lowest BCUT2D eigenvalue weighted by molar-refractivity contribution is 0.0468. The average Bonchev–Trinajstić information content (AvgIpc) is 3.20. The number of aromatic nitrogens is 1. The van der Waals surface area contributed by atoms with Crippen molar-refractivity contribution >= 4 is 28.3 Å². The van der Waals surface area contributed by atoms with Crippen molar-refractivity contribution in [1.82, 2.24) is 4.98 Å². The highest BCUT2D eigenvalue weighted by Crippen LogP contribution is 2.28. The summed E-state index contributed by atoms with van der Waals surface area (Å²) in [5.41, 5.74) is 1.79. The third-order valence-electron chi connectivity index (χ3n) is 4.31. The van der Waals surface area contributed by atoms with Gasteiger partial charge in [-0.3, -0.25) is 0 Å². The van der Waals surface area contributed by atoms with Gasteiger partial charge in [-0.2, -0.15) is 0 Å². The molecule has 6 nitrogen and oxygen atoms in total. The summed E-state index contributed by atoms with van der Waals surface area (Å²) in [6.45, 7) is 1.54. The first-order valence-corrected chi connectivity index (χ1v) is 9.34. The molecule has 0 atom stereocenters. The van der Waals surface area contributed by atoms with Gasteiger partial charge in [0, 0.05) is 33.5 Å². The van der Waals surface area contributed by atoms with Crippen LogP contribution < -0.4 is 5.63 Å². The van der Waals surface area contributed by atoms with E-state index in [1.165, 1.54) is 23.5 Å². The Labute approximate surface area is 163 Å². The Bertz CT molecular complexity index is 1230. The van der Waals surface area contributed by atoms with Crippen molar-refractivity contribution in [2.75, 3.05) is 0 Å². The summed E-state index contributed by atoms with van der Waals surface area (Å²) in [5.74, 6) is -0.545. The van der Waals surface area contributed by atoms with Crippen LogP contribution in [0, 0.1) is 6.92 Å². The second-order valence-electron chi connectivity index (χ2n) is 6.16. The zero-order valence-electron chi connectivity index (χ0n) is 14.8. The first kappa shape index (κ1) is 17.9. The normalized spacial score (nSPS) is 10.9. The lowest BCUT2D eigenvalue weighted by atomic mass is 10.1. The number of ether oxygens (including phenoxy) is 1. The zero-order chi connectivity index (χ0) is 19.7. The van der Waals surface area contributed by atoms with Gasteiger partial charge in [0.05, 0.1) is 0 Å². The number of thiazole rings is 1. The van der Waals surface area contributed by atoms with Gasteiger partial charge < -0.3 is 14.3 Å². The SMILES string of the molecule is Cc1c(O)ccc2c(COC(=O)c3csc(-c4ccccc4)n3)cc(=O)oc12. The molecule has 1 N–H and O–H groups in total. The summed E-state index contributed by atoms with van der Waals surface area (Å²) in [6, 6.07) is 14.0. The minimum absolute atomic E-state index is 0.0284. The predicted octanol–water partition coefficient (Wildman–Crippen LogP) is 4.29. The zero-order valence-corrected chi connectivity index (χ0v) is 15.7. The van der Waals surface area contributed by atoms with E-state index in [9.17, 15) is 14.7 Å². The average molecular weight is 393 g/mol. The second kappa shape index (κ2) is 7.28. The number of benzene rings is 2. The highest BCUT2D eigenvalue weighted by molar-refractivity contribution is 7.13. The molecule has 0 spiro atoms. The number of phenolic OH excluding ortho intramolecular Hbond substituents is 1. The predicted molar refractivity (Wildman–Crippen MR) is 106 cm³/mol. The van der Waals surface area contributed by atoms with Crippen LogP contribution in [0.3, 0.4) is 0 Å². The Hall–Kier alpha value is -3.45. The maximum atomic E-state index is 12.4. The number of nitrogens with zero attached hydrogens (tertiary/aromatic N) is 1. The fraction of sp³-hybridized carbons (Fsp3) is 0.0952. The van der Waals surface area contributed by atoms with Gasteiger partial charge in [0.15, 0.2) is 5.69 Å². The number of carbonyl (C=O) groups excluding carboxylic acids is 1. The van der Waals surface area contributed by atoms with Crippen LogP contribution in [-0.4, -0.2) is 16.1 Å². The fourth-order valence-corrected chi connectivity index (χ4v) is 3.63. The van der Waals surface area contributed by atoms with Gasteiger partial charge in [0.25, 0.3) is 0 Å². The van der Waals surface area contributed by atoms with Gasteiger partial charge in [0.2, 0.25) is 0 Å². The number of esters is 1. The Morgan fingerprint density at radius 1 is 1.21 bits per heavy atom. The van der Waals surface area contributed by atoms with E-state index in [1.54, 1.807) is 18.4 Å². The molecule has 0 bridgehead atoms. The number of carbonyl (C=O) groups is 1. The molecule has 0 fully saturated rings. The maximum absolute atomic E-state index is 12.4. The molecule has 0 amide bonds. The molecule has 0 aliphatic rings. The molecule has 0 saturated heterocycles. The van der Waals surface area contributed by atoms with E-state index in [0.29, 0.717) is 16.5 Å². The summed E-state index contributed by atoms with van der Waals surface area (Å²) in [7, 11) is 0. The molecule has 0 aliphatic carbocycles.